The molecule has 5 nitrogen and oxygen atoms in total. The van der Waals surface area contributed by atoms with Gasteiger partial charge < -0.3 is 10.0 Å². The number of fused-ring (bicyclic) bond motifs is 1. The molecule has 1 atom stereocenters. The van der Waals surface area contributed by atoms with Gasteiger partial charge in [0.15, 0.2) is 0 Å². The fraction of sp³-hybridized carbons (Fsp3) is 0.524. The Kier molecular flexibility index (Phi) is 6.11. The lowest BCUT2D eigenvalue weighted by Gasteiger charge is -2.39. The lowest BCUT2D eigenvalue weighted by atomic mass is 9.96. The molecule has 1 aliphatic heterocycles. The van der Waals surface area contributed by atoms with Crippen LogP contribution in [0.1, 0.15) is 46.6 Å². The Morgan fingerprint density at radius 2 is 1.92 bits per heavy atom. The Balaban J connectivity index is 2.22. The summed E-state index contributed by atoms with van der Waals surface area (Å²) in [5, 5.41) is 9.70. The van der Waals surface area contributed by atoms with E-state index >= 15 is 0 Å². The van der Waals surface area contributed by atoms with Crippen LogP contribution in [0.4, 0.5) is 10.5 Å². The molecule has 0 aromatic heterocycles. The molecule has 1 aromatic rings. The lowest BCUT2D eigenvalue weighted by Crippen LogP contribution is -2.51. The van der Waals surface area contributed by atoms with Crippen molar-refractivity contribution in [2.75, 3.05) is 11.4 Å². The monoisotopic (exact) mass is 358 g/mol. The number of anilines is 1. The first-order chi connectivity index (χ1) is 12.1. The fourth-order valence-corrected chi connectivity index (χ4v) is 3.53. The Morgan fingerprint density at radius 3 is 2.50 bits per heavy atom. The van der Waals surface area contributed by atoms with Gasteiger partial charge >= 0.3 is 6.09 Å². The molecule has 0 spiro atoms. The van der Waals surface area contributed by atoms with Crippen molar-refractivity contribution >= 4 is 17.7 Å². The molecule has 0 saturated heterocycles. The Hall–Kier alpha value is -2.30. The molecular formula is C21H30N2O3. The topological polar surface area (TPSA) is 60.9 Å². The van der Waals surface area contributed by atoms with Crippen molar-refractivity contribution in [2.45, 2.75) is 59.0 Å². The summed E-state index contributed by atoms with van der Waals surface area (Å²) < 4.78 is 0. The van der Waals surface area contributed by atoms with Crippen molar-refractivity contribution in [2.24, 2.45) is 5.92 Å². The van der Waals surface area contributed by atoms with Gasteiger partial charge in [0.1, 0.15) is 0 Å². The molecule has 2 amide bonds. The predicted octanol–water partition coefficient (Wildman–Crippen LogP) is 4.33. The maximum absolute atomic E-state index is 12.7. The molecule has 0 fully saturated rings. The molecule has 26 heavy (non-hydrogen) atoms. The molecule has 142 valence electrons. The van der Waals surface area contributed by atoms with Gasteiger partial charge in [0.25, 0.3) is 5.91 Å². The average molecular weight is 358 g/mol. The second-order valence-corrected chi connectivity index (χ2v) is 8.25. The minimum absolute atomic E-state index is 0.0945. The van der Waals surface area contributed by atoms with E-state index in [9.17, 15) is 14.7 Å². The first-order valence-electron chi connectivity index (χ1n) is 9.21. The third-order valence-corrected chi connectivity index (χ3v) is 4.59. The van der Waals surface area contributed by atoms with E-state index in [0.29, 0.717) is 18.9 Å². The number of carbonyl (C=O) groups excluding carboxylic acids is 1. The predicted molar refractivity (Wildman–Crippen MR) is 104 cm³/mol. The zero-order valence-electron chi connectivity index (χ0n) is 16.4. The van der Waals surface area contributed by atoms with Crippen LogP contribution in [0.25, 0.3) is 0 Å². The number of para-hydroxylation sites is 1. The van der Waals surface area contributed by atoms with Gasteiger partial charge in [0.2, 0.25) is 0 Å². The highest BCUT2D eigenvalue weighted by Crippen LogP contribution is 2.28. The Labute approximate surface area is 156 Å². The number of hydrogen-bond acceptors (Lipinski definition) is 2. The third kappa shape index (κ3) is 4.65. The number of rotatable bonds is 5. The molecule has 0 saturated carbocycles. The Morgan fingerprint density at radius 1 is 1.27 bits per heavy atom. The minimum atomic E-state index is -0.966. The van der Waals surface area contributed by atoms with Crippen molar-refractivity contribution in [1.29, 1.82) is 0 Å². The van der Waals surface area contributed by atoms with Gasteiger partial charge in [-0.15, -0.1) is 0 Å². The molecule has 0 bridgehead atoms. The van der Waals surface area contributed by atoms with Crippen molar-refractivity contribution in [1.82, 2.24) is 4.90 Å². The number of amides is 2. The zero-order chi connectivity index (χ0) is 19.5. The zero-order valence-corrected chi connectivity index (χ0v) is 16.4. The van der Waals surface area contributed by atoms with Gasteiger partial charge in [-0.3, -0.25) is 9.69 Å². The van der Waals surface area contributed by atoms with Gasteiger partial charge in [-0.25, -0.2) is 4.79 Å². The summed E-state index contributed by atoms with van der Waals surface area (Å²) in [6.45, 7) is 10.4. The molecular weight excluding hydrogens is 328 g/mol. The first kappa shape index (κ1) is 20.0. The maximum Gasteiger partial charge on any atom is 0.408 e. The van der Waals surface area contributed by atoms with Crippen molar-refractivity contribution in [3.8, 4) is 0 Å². The largest absolute Gasteiger partial charge is 0.465 e. The maximum atomic E-state index is 12.7. The van der Waals surface area contributed by atoms with Crippen LogP contribution < -0.4 is 4.90 Å². The van der Waals surface area contributed by atoms with Gasteiger partial charge in [-0.2, -0.15) is 0 Å². The van der Waals surface area contributed by atoms with Crippen molar-refractivity contribution < 1.29 is 14.7 Å². The first-order valence-corrected chi connectivity index (χ1v) is 9.21. The van der Waals surface area contributed by atoms with Crippen LogP contribution in [-0.4, -0.2) is 40.1 Å². The molecule has 5 heteroatoms. The SMILES string of the molecule is CC(C)C[C@@H](/C=C/C(=O)N1CCc2ccccc21)N(C(=O)O)C(C)(C)C. The summed E-state index contributed by atoms with van der Waals surface area (Å²) >= 11 is 0. The summed E-state index contributed by atoms with van der Waals surface area (Å²) in [7, 11) is 0. The number of carboxylic acid groups (broad SMARTS) is 1. The molecule has 0 radical (unpaired) electrons. The van der Waals surface area contributed by atoms with E-state index in [4.69, 9.17) is 0 Å². The van der Waals surface area contributed by atoms with E-state index in [1.165, 1.54) is 16.5 Å². The number of hydrogen-bond donors (Lipinski definition) is 1. The highest BCUT2D eigenvalue weighted by Gasteiger charge is 2.32. The molecule has 0 aliphatic carbocycles. The molecule has 0 unspecified atom stereocenters. The molecule has 1 aliphatic rings. The van der Waals surface area contributed by atoms with E-state index in [1.807, 2.05) is 45.0 Å². The summed E-state index contributed by atoms with van der Waals surface area (Å²) in [6, 6.07) is 7.57. The van der Waals surface area contributed by atoms with Gasteiger partial charge in [-0.05, 0) is 51.2 Å². The van der Waals surface area contributed by atoms with Gasteiger partial charge in [0, 0.05) is 23.8 Å². The quantitative estimate of drug-likeness (QED) is 0.797. The van der Waals surface area contributed by atoms with Crippen molar-refractivity contribution in [3.63, 3.8) is 0 Å². The number of carbonyl (C=O) groups is 2. The highest BCUT2D eigenvalue weighted by molar-refractivity contribution is 6.02. The van der Waals surface area contributed by atoms with Crippen LogP contribution in [0.3, 0.4) is 0 Å². The van der Waals surface area contributed by atoms with E-state index in [0.717, 1.165) is 12.1 Å². The Bertz CT molecular complexity index is 689. The van der Waals surface area contributed by atoms with Crippen molar-refractivity contribution in [3.05, 3.63) is 42.0 Å². The van der Waals surface area contributed by atoms with E-state index in [2.05, 4.69) is 13.8 Å². The highest BCUT2D eigenvalue weighted by atomic mass is 16.4. The second-order valence-electron chi connectivity index (χ2n) is 8.25. The van der Waals surface area contributed by atoms with Crippen LogP contribution in [0.2, 0.25) is 0 Å². The van der Waals surface area contributed by atoms with Gasteiger partial charge in [0.05, 0.1) is 6.04 Å². The summed E-state index contributed by atoms with van der Waals surface area (Å²) in [4.78, 5) is 27.7. The second kappa shape index (κ2) is 7.94. The van der Waals surface area contributed by atoms with Crippen LogP contribution >= 0.6 is 0 Å². The smallest absolute Gasteiger partial charge is 0.408 e. The molecule has 2 rings (SSSR count). The van der Waals surface area contributed by atoms with Gasteiger partial charge in [-0.1, -0.05) is 38.1 Å². The molecule has 1 heterocycles. The fourth-order valence-electron chi connectivity index (χ4n) is 3.53. The summed E-state index contributed by atoms with van der Waals surface area (Å²) in [5.41, 5.74) is 1.59. The summed E-state index contributed by atoms with van der Waals surface area (Å²) in [6.07, 6.45) is 3.85. The summed E-state index contributed by atoms with van der Waals surface area (Å²) in [5.74, 6) is 0.222. The van der Waals surface area contributed by atoms with E-state index in [-0.39, 0.29) is 11.9 Å². The van der Waals surface area contributed by atoms with E-state index in [1.54, 1.807) is 11.0 Å². The normalized spacial score (nSPS) is 15.4. The number of benzene rings is 1. The van der Waals surface area contributed by atoms with Crippen LogP contribution in [0, 0.1) is 5.92 Å². The number of nitrogens with zero attached hydrogens (tertiary/aromatic N) is 2. The van der Waals surface area contributed by atoms with Crippen LogP contribution in [-0.2, 0) is 11.2 Å². The van der Waals surface area contributed by atoms with E-state index < -0.39 is 11.6 Å². The lowest BCUT2D eigenvalue weighted by molar-refractivity contribution is -0.114. The van der Waals surface area contributed by atoms with Crippen LogP contribution in [0.15, 0.2) is 36.4 Å². The minimum Gasteiger partial charge on any atom is -0.465 e. The standard InChI is InChI=1S/C21H30N2O3/c1-15(2)14-17(23(20(25)26)21(3,4)5)10-11-19(24)22-13-12-16-8-6-7-9-18(16)22/h6-11,15,17H,12-14H2,1-5H3,(H,25,26)/b11-10+/t17-/m1/s1. The molecule has 1 aromatic carbocycles. The van der Waals surface area contributed by atoms with Crippen LogP contribution in [0.5, 0.6) is 0 Å². The third-order valence-electron chi connectivity index (χ3n) is 4.59. The average Bonchev–Trinajstić information content (AvgIpc) is 2.94. The molecule has 1 N–H and O–H groups in total.